The van der Waals surface area contributed by atoms with E-state index in [4.69, 9.17) is 5.73 Å². The number of hydrogen-bond acceptors (Lipinski definition) is 3. The van der Waals surface area contributed by atoms with Crippen molar-refractivity contribution in [1.29, 1.82) is 0 Å². The summed E-state index contributed by atoms with van der Waals surface area (Å²) in [6, 6.07) is 8.23. The third-order valence-corrected chi connectivity index (χ3v) is 4.50. The van der Waals surface area contributed by atoms with Crippen LogP contribution in [0.2, 0.25) is 0 Å². The van der Waals surface area contributed by atoms with Gasteiger partial charge >= 0.3 is 0 Å². The standard InChI is InChI=1S/C15H15FN2O3S/c1-9-7-13(8-10(2)14(9)16)22(20,21)18-12-5-3-11(4-6-12)15(17)19/h3-8,18H,1-2H3,(H2,17,19). The lowest BCUT2D eigenvalue weighted by atomic mass is 10.1. The van der Waals surface area contributed by atoms with E-state index in [9.17, 15) is 17.6 Å². The molecule has 3 N–H and O–H groups in total. The monoisotopic (exact) mass is 322 g/mol. The summed E-state index contributed by atoms with van der Waals surface area (Å²) in [7, 11) is -3.84. The molecule has 116 valence electrons. The number of sulfonamides is 1. The molecular formula is C15H15FN2O3S. The smallest absolute Gasteiger partial charge is 0.261 e. The van der Waals surface area contributed by atoms with Crippen molar-refractivity contribution >= 4 is 21.6 Å². The maximum atomic E-state index is 13.6. The highest BCUT2D eigenvalue weighted by Gasteiger charge is 2.17. The summed E-state index contributed by atoms with van der Waals surface area (Å²) in [5.41, 5.74) is 6.18. The second-order valence-electron chi connectivity index (χ2n) is 4.92. The van der Waals surface area contributed by atoms with Crippen LogP contribution in [0.25, 0.3) is 0 Å². The van der Waals surface area contributed by atoms with Crippen LogP contribution in [-0.2, 0) is 10.0 Å². The van der Waals surface area contributed by atoms with Gasteiger partial charge in [-0.3, -0.25) is 9.52 Å². The predicted octanol–water partition coefficient (Wildman–Crippen LogP) is 2.34. The van der Waals surface area contributed by atoms with Gasteiger partial charge in [-0.25, -0.2) is 12.8 Å². The lowest BCUT2D eigenvalue weighted by molar-refractivity contribution is 0.100. The van der Waals surface area contributed by atoms with Crippen molar-refractivity contribution in [3.05, 3.63) is 58.9 Å². The molecule has 2 aromatic carbocycles. The summed E-state index contributed by atoms with van der Waals surface area (Å²) in [6.07, 6.45) is 0. The molecule has 0 aliphatic heterocycles. The molecule has 0 spiro atoms. The van der Waals surface area contributed by atoms with Crippen LogP contribution in [-0.4, -0.2) is 14.3 Å². The summed E-state index contributed by atoms with van der Waals surface area (Å²) in [6.45, 7) is 3.01. The molecule has 0 saturated carbocycles. The van der Waals surface area contributed by atoms with Gasteiger partial charge in [-0.15, -0.1) is 0 Å². The molecule has 7 heteroatoms. The summed E-state index contributed by atoms with van der Waals surface area (Å²) < 4.78 is 40.6. The quantitative estimate of drug-likeness (QED) is 0.905. The fraction of sp³-hybridized carbons (Fsp3) is 0.133. The van der Waals surface area contributed by atoms with E-state index in [0.29, 0.717) is 0 Å². The van der Waals surface area contributed by atoms with Crippen molar-refractivity contribution in [3.8, 4) is 0 Å². The van der Waals surface area contributed by atoms with Crippen molar-refractivity contribution in [2.45, 2.75) is 18.7 Å². The zero-order valence-corrected chi connectivity index (χ0v) is 12.9. The number of carbonyl (C=O) groups excluding carboxylic acids is 1. The number of benzene rings is 2. The Hall–Kier alpha value is -2.41. The maximum absolute atomic E-state index is 13.6. The SMILES string of the molecule is Cc1cc(S(=O)(=O)Nc2ccc(C(N)=O)cc2)cc(C)c1F. The van der Waals surface area contributed by atoms with Gasteiger partial charge in [-0.2, -0.15) is 0 Å². The van der Waals surface area contributed by atoms with E-state index in [1.807, 2.05) is 0 Å². The Morgan fingerprint density at radius 2 is 1.59 bits per heavy atom. The summed E-state index contributed by atoms with van der Waals surface area (Å²) in [4.78, 5) is 10.9. The van der Waals surface area contributed by atoms with Crippen LogP contribution in [0.3, 0.4) is 0 Å². The van der Waals surface area contributed by atoms with Gasteiger partial charge in [0, 0.05) is 11.3 Å². The fourth-order valence-electron chi connectivity index (χ4n) is 1.98. The zero-order chi connectivity index (χ0) is 16.5. The lowest BCUT2D eigenvalue weighted by Crippen LogP contribution is -2.14. The van der Waals surface area contributed by atoms with Gasteiger partial charge in [-0.05, 0) is 61.4 Å². The average molecular weight is 322 g/mol. The van der Waals surface area contributed by atoms with Crippen molar-refractivity contribution in [2.24, 2.45) is 5.73 Å². The summed E-state index contributed by atoms with van der Waals surface area (Å²) in [5.74, 6) is -1.02. The van der Waals surface area contributed by atoms with E-state index in [2.05, 4.69) is 4.72 Å². The number of hydrogen-bond donors (Lipinski definition) is 2. The number of amides is 1. The molecule has 1 amide bonds. The van der Waals surface area contributed by atoms with Gasteiger partial charge in [0.05, 0.1) is 4.90 Å². The Bertz CT molecular complexity index is 807. The van der Waals surface area contributed by atoms with Crippen molar-refractivity contribution in [1.82, 2.24) is 0 Å². The molecule has 0 heterocycles. The Labute approximate surface area is 128 Å². The molecule has 2 rings (SSSR count). The van der Waals surface area contributed by atoms with Crippen molar-refractivity contribution in [3.63, 3.8) is 0 Å². The van der Waals surface area contributed by atoms with E-state index in [1.54, 1.807) is 0 Å². The molecule has 0 radical (unpaired) electrons. The molecule has 2 aromatic rings. The van der Waals surface area contributed by atoms with E-state index in [1.165, 1.54) is 50.2 Å². The number of nitrogens with two attached hydrogens (primary N) is 1. The first kappa shape index (κ1) is 16.0. The van der Waals surface area contributed by atoms with Crippen LogP contribution in [0.5, 0.6) is 0 Å². The first-order chi connectivity index (χ1) is 10.2. The molecule has 0 unspecified atom stereocenters. The van der Waals surface area contributed by atoms with Crippen LogP contribution >= 0.6 is 0 Å². The summed E-state index contributed by atoms with van der Waals surface area (Å²) >= 11 is 0. The molecule has 0 atom stereocenters. The molecule has 22 heavy (non-hydrogen) atoms. The number of carbonyl (C=O) groups is 1. The van der Waals surface area contributed by atoms with Crippen molar-refractivity contribution in [2.75, 3.05) is 4.72 Å². The number of halogens is 1. The predicted molar refractivity (Wildman–Crippen MR) is 81.6 cm³/mol. The second kappa shape index (κ2) is 5.76. The third-order valence-electron chi connectivity index (χ3n) is 3.14. The van der Waals surface area contributed by atoms with Crippen LogP contribution in [0.1, 0.15) is 21.5 Å². The largest absolute Gasteiger partial charge is 0.366 e. The average Bonchev–Trinajstić information content (AvgIpc) is 2.44. The second-order valence-corrected chi connectivity index (χ2v) is 6.60. The highest BCUT2D eigenvalue weighted by Crippen LogP contribution is 2.21. The van der Waals surface area contributed by atoms with Gasteiger partial charge in [0.25, 0.3) is 10.0 Å². The molecule has 0 bridgehead atoms. The Morgan fingerprint density at radius 1 is 1.09 bits per heavy atom. The van der Waals surface area contributed by atoms with Crippen LogP contribution in [0.4, 0.5) is 10.1 Å². The highest BCUT2D eigenvalue weighted by molar-refractivity contribution is 7.92. The number of aryl methyl sites for hydroxylation is 2. The number of rotatable bonds is 4. The Morgan fingerprint density at radius 3 is 2.05 bits per heavy atom. The normalized spacial score (nSPS) is 11.2. The maximum Gasteiger partial charge on any atom is 0.261 e. The van der Waals surface area contributed by atoms with Gasteiger partial charge in [0.2, 0.25) is 5.91 Å². The zero-order valence-electron chi connectivity index (χ0n) is 12.1. The lowest BCUT2D eigenvalue weighted by Gasteiger charge is -2.10. The minimum absolute atomic E-state index is 0.0251. The summed E-state index contributed by atoms with van der Waals surface area (Å²) in [5, 5.41) is 0. The minimum Gasteiger partial charge on any atom is -0.366 e. The molecule has 0 aliphatic rings. The minimum atomic E-state index is -3.84. The Kier molecular flexibility index (Phi) is 4.18. The molecule has 0 aliphatic carbocycles. The van der Waals surface area contributed by atoms with E-state index >= 15 is 0 Å². The number of primary amides is 1. The fourth-order valence-corrected chi connectivity index (χ4v) is 3.21. The van der Waals surface area contributed by atoms with Gasteiger partial charge in [-0.1, -0.05) is 0 Å². The highest BCUT2D eigenvalue weighted by atomic mass is 32.2. The van der Waals surface area contributed by atoms with E-state index < -0.39 is 21.7 Å². The van der Waals surface area contributed by atoms with Gasteiger partial charge in [0.15, 0.2) is 0 Å². The molecule has 0 aromatic heterocycles. The van der Waals surface area contributed by atoms with Gasteiger partial charge in [0.1, 0.15) is 5.82 Å². The van der Waals surface area contributed by atoms with Gasteiger partial charge < -0.3 is 5.73 Å². The first-order valence-corrected chi connectivity index (χ1v) is 7.88. The third kappa shape index (κ3) is 3.25. The molecule has 0 saturated heterocycles. The number of anilines is 1. The molecule has 5 nitrogen and oxygen atoms in total. The Balaban J connectivity index is 2.33. The topological polar surface area (TPSA) is 89.3 Å². The van der Waals surface area contributed by atoms with Crippen molar-refractivity contribution < 1.29 is 17.6 Å². The van der Waals surface area contributed by atoms with E-state index in [0.717, 1.165) is 0 Å². The number of nitrogens with one attached hydrogen (secondary N) is 1. The van der Waals surface area contributed by atoms with Crippen LogP contribution in [0, 0.1) is 19.7 Å². The first-order valence-electron chi connectivity index (χ1n) is 6.40. The van der Waals surface area contributed by atoms with E-state index in [-0.39, 0.29) is 27.3 Å². The molecular weight excluding hydrogens is 307 g/mol. The molecule has 0 fully saturated rings. The van der Waals surface area contributed by atoms with Crippen LogP contribution < -0.4 is 10.5 Å². The van der Waals surface area contributed by atoms with Crippen LogP contribution in [0.15, 0.2) is 41.3 Å².